The number of anilines is 1. The fourth-order valence-corrected chi connectivity index (χ4v) is 1.80. The quantitative estimate of drug-likeness (QED) is 0.792. The number of nitrogens with one attached hydrogen (secondary N) is 1. The van der Waals surface area contributed by atoms with Crippen molar-refractivity contribution in [2.45, 2.75) is 20.3 Å². The molecule has 0 spiro atoms. The third-order valence-corrected chi connectivity index (χ3v) is 2.69. The average Bonchev–Trinajstić information content (AvgIpc) is 2.25. The molecule has 0 fully saturated rings. The van der Waals surface area contributed by atoms with E-state index in [1.807, 2.05) is 7.05 Å². The first-order valence-electron chi connectivity index (χ1n) is 6.08. The molecule has 90 valence electrons. The minimum absolute atomic E-state index is 0.720. The molecular formula is C14H24N2. The molecule has 0 atom stereocenters. The van der Waals surface area contributed by atoms with Gasteiger partial charge in [0.15, 0.2) is 0 Å². The second-order valence-corrected chi connectivity index (χ2v) is 4.79. The maximum Gasteiger partial charge on any atom is 0.0366 e. The predicted octanol–water partition coefficient (Wildman–Crippen LogP) is 2.54. The molecular weight excluding hydrogens is 196 g/mol. The van der Waals surface area contributed by atoms with Crippen LogP contribution in [0.3, 0.4) is 0 Å². The highest BCUT2D eigenvalue weighted by atomic mass is 15.1. The number of hydrogen-bond acceptors (Lipinski definition) is 2. The summed E-state index contributed by atoms with van der Waals surface area (Å²) in [7, 11) is 4.13. The Labute approximate surface area is 99.7 Å². The molecule has 16 heavy (non-hydrogen) atoms. The van der Waals surface area contributed by atoms with Gasteiger partial charge >= 0.3 is 0 Å². The zero-order valence-corrected chi connectivity index (χ0v) is 11.0. The molecule has 2 heteroatoms. The molecule has 1 aromatic carbocycles. The van der Waals surface area contributed by atoms with Gasteiger partial charge in [-0.25, -0.2) is 0 Å². The van der Waals surface area contributed by atoms with E-state index in [0.717, 1.165) is 25.4 Å². The molecule has 0 unspecified atom stereocenters. The van der Waals surface area contributed by atoms with Crippen LogP contribution in [-0.4, -0.2) is 27.2 Å². The van der Waals surface area contributed by atoms with E-state index in [1.165, 1.54) is 11.3 Å². The van der Waals surface area contributed by atoms with Crippen LogP contribution in [0, 0.1) is 5.92 Å². The van der Waals surface area contributed by atoms with Crippen LogP contribution in [0.15, 0.2) is 24.3 Å². The van der Waals surface area contributed by atoms with Crippen LogP contribution in [0.25, 0.3) is 0 Å². The summed E-state index contributed by atoms with van der Waals surface area (Å²) >= 11 is 0. The molecule has 1 rings (SSSR count). The van der Waals surface area contributed by atoms with Crippen LogP contribution < -0.4 is 10.2 Å². The molecule has 1 aromatic rings. The zero-order chi connectivity index (χ0) is 12.0. The van der Waals surface area contributed by atoms with Crippen molar-refractivity contribution in [1.29, 1.82) is 0 Å². The van der Waals surface area contributed by atoms with E-state index in [4.69, 9.17) is 0 Å². The lowest BCUT2D eigenvalue weighted by atomic mass is 10.0. The van der Waals surface area contributed by atoms with Gasteiger partial charge in [-0.1, -0.05) is 26.0 Å². The molecule has 0 saturated heterocycles. The normalized spacial score (nSPS) is 10.8. The highest BCUT2D eigenvalue weighted by molar-refractivity contribution is 5.48. The molecule has 0 saturated carbocycles. The molecule has 0 bridgehead atoms. The summed E-state index contributed by atoms with van der Waals surface area (Å²) in [6.45, 7) is 6.58. The van der Waals surface area contributed by atoms with Crippen LogP contribution >= 0.6 is 0 Å². The number of rotatable bonds is 6. The Morgan fingerprint density at radius 3 is 2.69 bits per heavy atom. The lowest BCUT2D eigenvalue weighted by molar-refractivity contribution is 0.647. The second kappa shape index (κ2) is 6.54. The van der Waals surface area contributed by atoms with E-state index in [1.54, 1.807) is 0 Å². The number of benzene rings is 1. The van der Waals surface area contributed by atoms with Gasteiger partial charge in [-0.05, 0) is 37.1 Å². The molecule has 0 aromatic heterocycles. The minimum atomic E-state index is 0.720. The van der Waals surface area contributed by atoms with Crippen LogP contribution in [0.5, 0.6) is 0 Å². The Balaban J connectivity index is 2.65. The highest BCUT2D eigenvalue weighted by Gasteiger charge is 2.02. The van der Waals surface area contributed by atoms with Gasteiger partial charge in [-0.2, -0.15) is 0 Å². The summed E-state index contributed by atoms with van der Waals surface area (Å²) in [5, 5.41) is 3.17. The lowest BCUT2D eigenvalue weighted by Crippen LogP contribution is -2.27. The molecule has 0 aliphatic carbocycles. The van der Waals surface area contributed by atoms with Crippen molar-refractivity contribution in [1.82, 2.24) is 5.32 Å². The van der Waals surface area contributed by atoms with Crippen LogP contribution in [-0.2, 0) is 6.42 Å². The van der Waals surface area contributed by atoms with Crippen LogP contribution in [0.4, 0.5) is 5.69 Å². The first kappa shape index (κ1) is 13.0. The Morgan fingerprint density at radius 2 is 2.06 bits per heavy atom. The molecule has 2 nitrogen and oxygen atoms in total. The monoisotopic (exact) mass is 220 g/mol. The molecule has 0 amide bonds. The van der Waals surface area contributed by atoms with Crippen molar-refractivity contribution in [2.75, 3.05) is 32.1 Å². The predicted molar refractivity (Wildman–Crippen MR) is 72.2 cm³/mol. The summed E-state index contributed by atoms with van der Waals surface area (Å²) in [4.78, 5) is 2.29. The molecule has 1 N–H and O–H groups in total. The lowest BCUT2D eigenvalue weighted by Gasteiger charge is -2.20. The van der Waals surface area contributed by atoms with E-state index in [0.29, 0.717) is 0 Å². The Morgan fingerprint density at radius 1 is 1.31 bits per heavy atom. The zero-order valence-electron chi connectivity index (χ0n) is 11.0. The SMILES string of the molecule is CNCCN(C)c1cccc(CC(C)C)c1. The Kier molecular flexibility index (Phi) is 5.33. The van der Waals surface area contributed by atoms with Gasteiger partial charge < -0.3 is 10.2 Å². The third-order valence-electron chi connectivity index (χ3n) is 2.69. The number of hydrogen-bond donors (Lipinski definition) is 1. The van der Waals surface area contributed by atoms with E-state index in [-0.39, 0.29) is 0 Å². The van der Waals surface area contributed by atoms with Crippen molar-refractivity contribution < 1.29 is 0 Å². The summed E-state index contributed by atoms with van der Waals surface area (Å²) in [6.07, 6.45) is 1.16. The van der Waals surface area contributed by atoms with Crippen LogP contribution in [0.2, 0.25) is 0 Å². The average molecular weight is 220 g/mol. The first-order valence-corrected chi connectivity index (χ1v) is 6.08. The summed E-state index contributed by atoms with van der Waals surface area (Å²) in [6, 6.07) is 8.85. The van der Waals surface area contributed by atoms with Gasteiger partial charge in [0.05, 0.1) is 0 Å². The fraction of sp³-hybridized carbons (Fsp3) is 0.571. The van der Waals surface area contributed by atoms with E-state index >= 15 is 0 Å². The number of likely N-dealkylation sites (N-methyl/N-ethyl adjacent to an activating group) is 2. The maximum absolute atomic E-state index is 3.17. The largest absolute Gasteiger partial charge is 0.373 e. The van der Waals surface area contributed by atoms with Gasteiger partial charge in [-0.15, -0.1) is 0 Å². The minimum Gasteiger partial charge on any atom is -0.373 e. The second-order valence-electron chi connectivity index (χ2n) is 4.79. The molecule has 0 aliphatic rings. The molecule has 0 aliphatic heterocycles. The van der Waals surface area contributed by atoms with Gasteiger partial charge in [0, 0.05) is 25.8 Å². The van der Waals surface area contributed by atoms with Gasteiger partial charge in [0.2, 0.25) is 0 Å². The Hall–Kier alpha value is -1.02. The van der Waals surface area contributed by atoms with E-state index in [2.05, 4.69) is 55.4 Å². The van der Waals surface area contributed by atoms with Crippen molar-refractivity contribution in [2.24, 2.45) is 5.92 Å². The van der Waals surface area contributed by atoms with Gasteiger partial charge in [0.1, 0.15) is 0 Å². The fourth-order valence-electron chi connectivity index (χ4n) is 1.80. The van der Waals surface area contributed by atoms with E-state index < -0.39 is 0 Å². The smallest absolute Gasteiger partial charge is 0.0366 e. The van der Waals surface area contributed by atoms with Gasteiger partial charge in [-0.3, -0.25) is 0 Å². The van der Waals surface area contributed by atoms with Gasteiger partial charge in [0.25, 0.3) is 0 Å². The van der Waals surface area contributed by atoms with Crippen molar-refractivity contribution in [3.63, 3.8) is 0 Å². The van der Waals surface area contributed by atoms with Crippen molar-refractivity contribution >= 4 is 5.69 Å². The third kappa shape index (κ3) is 4.23. The topological polar surface area (TPSA) is 15.3 Å². The highest BCUT2D eigenvalue weighted by Crippen LogP contribution is 2.16. The summed E-state index contributed by atoms with van der Waals surface area (Å²) in [5.41, 5.74) is 2.75. The van der Waals surface area contributed by atoms with Crippen LogP contribution in [0.1, 0.15) is 19.4 Å². The standard InChI is InChI=1S/C14H24N2/c1-12(2)10-13-6-5-7-14(11-13)16(4)9-8-15-3/h5-7,11-12,15H,8-10H2,1-4H3. The number of nitrogens with zero attached hydrogens (tertiary/aromatic N) is 1. The maximum atomic E-state index is 3.17. The molecule has 0 radical (unpaired) electrons. The summed E-state index contributed by atoms with van der Waals surface area (Å²) < 4.78 is 0. The van der Waals surface area contributed by atoms with Crippen molar-refractivity contribution in [3.05, 3.63) is 29.8 Å². The van der Waals surface area contributed by atoms with E-state index in [9.17, 15) is 0 Å². The molecule has 0 heterocycles. The summed E-state index contributed by atoms with van der Waals surface area (Å²) in [5.74, 6) is 0.720. The first-order chi connectivity index (χ1) is 7.63. The van der Waals surface area contributed by atoms with Crippen molar-refractivity contribution in [3.8, 4) is 0 Å². The Bertz CT molecular complexity index is 307.